The van der Waals surface area contributed by atoms with Crippen molar-refractivity contribution >= 4 is 32.6 Å². The summed E-state index contributed by atoms with van der Waals surface area (Å²) in [5, 5.41) is 3.54. The molecule has 4 nitrogen and oxygen atoms in total. The Kier molecular flexibility index (Phi) is 6.45. The van der Waals surface area contributed by atoms with Gasteiger partial charge in [-0.3, -0.25) is 10.1 Å². The highest BCUT2D eigenvalue weighted by Gasteiger charge is 2.12. The molecule has 2 aromatic carbocycles. The van der Waals surface area contributed by atoms with Crippen LogP contribution in [0.3, 0.4) is 0 Å². The lowest BCUT2D eigenvalue weighted by Crippen LogP contribution is -2.13. The molecule has 0 aliphatic heterocycles. The fourth-order valence-electron chi connectivity index (χ4n) is 2.75. The lowest BCUT2D eigenvalue weighted by Gasteiger charge is -2.13. The van der Waals surface area contributed by atoms with Crippen molar-refractivity contribution in [1.29, 1.82) is 0 Å². The Morgan fingerprint density at radius 2 is 2.07 bits per heavy atom. The van der Waals surface area contributed by atoms with Gasteiger partial charge in [0, 0.05) is 5.56 Å². The van der Waals surface area contributed by atoms with E-state index in [1.807, 2.05) is 25.1 Å². The summed E-state index contributed by atoms with van der Waals surface area (Å²) in [6, 6.07) is 13.6. The topological polar surface area (TPSA) is 51.2 Å². The molecule has 1 N–H and O–H groups in total. The Hall–Kier alpha value is -2.40. The second-order valence-corrected chi connectivity index (χ2v) is 7.77. The number of carbonyl (C=O) groups excluding carboxylic acids is 1. The molecule has 0 saturated carbocycles. The summed E-state index contributed by atoms with van der Waals surface area (Å²) >= 11 is 1.51. The second kappa shape index (κ2) is 9.00. The molecule has 1 heterocycles. The number of unbranched alkanes of at least 4 members (excludes halogenated alkanes) is 1. The van der Waals surface area contributed by atoms with Crippen LogP contribution in [-0.2, 0) is 6.42 Å². The Morgan fingerprint density at radius 3 is 2.85 bits per heavy atom. The first-order valence-electron chi connectivity index (χ1n) is 9.56. The predicted molar refractivity (Wildman–Crippen MR) is 113 cm³/mol. The first-order valence-corrected chi connectivity index (χ1v) is 10.4. The number of benzene rings is 2. The molecule has 1 aromatic heterocycles. The van der Waals surface area contributed by atoms with Crippen LogP contribution in [0.25, 0.3) is 10.2 Å². The van der Waals surface area contributed by atoms with Gasteiger partial charge in [0.05, 0.1) is 16.3 Å². The highest BCUT2D eigenvalue weighted by Crippen LogP contribution is 2.28. The summed E-state index contributed by atoms with van der Waals surface area (Å²) < 4.78 is 6.91. The molecule has 1 amide bonds. The normalized spacial score (nSPS) is 12.1. The minimum absolute atomic E-state index is 0.120. The molecule has 0 radical (unpaired) electrons. The van der Waals surface area contributed by atoms with Crippen molar-refractivity contribution in [2.24, 2.45) is 0 Å². The van der Waals surface area contributed by atoms with Crippen LogP contribution in [0.5, 0.6) is 5.75 Å². The van der Waals surface area contributed by atoms with E-state index >= 15 is 0 Å². The number of anilines is 1. The van der Waals surface area contributed by atoms with Gasteiger partial charge in [-0.05, 0) is 62.1 Å². The van der Waals surface area contributed by atoms with Crippen LogP contribution in [0.15, 0.2) is 42.5 Å². The third kappa shape index (κ3) is 5.07. The zero-order valence-electron chi connectivity index (χ0n) is 16.1. The molecule has 0 saturated heterocycles. The van der Waals surface area contributed by atoms with Crippen molar-refractivity contribution in [3.8, 4) is 5.75 Å². The third-order valence-corrected chi connectivity index (χ3v) is 5.43. The molecular formula is C22H26N2O2S. The molecule has 1 unspecified atom stereocenters. The summed E-state index contributed by atoms with van der Waals surface area (Å²) in [5.74, 6) is 0.539. The molecule has 27 heavy (non-hydrogen) atoms. The molecular weight excluding hydrogens is 356 g/mol. The van der Waals surface area contributed by atoms with E-state index in [4.69, 9.17) is 4.74 Å². The van der Waals surface area contributed by atoms with Crippen molar-refractivity contribution in [3.05, 3.63) is 53.6 Å². The number of aromatic nitrogens is 1. The SMILES string of the molecule is CCCCc1ccc2nc(NC(=O)c3cccc(OC(C)CC)c3)sc2c1. The maximum absolute atomic E-state index is 12.6. The Labute approximate surface area is 164 Å². The fourth-order valence-corrected chi connectivity index (χ4v) is 3.68. The van der Waals surface area contributed by atoms with Crippen LogP contribution >= 0.6 is 11.3 Å². The largest absolute Gasteiger partial charge is 0.491 e. The average Bonchev–Trinajstić information content (AvgIpc) is 3.07. The zero-order valence-corrected chi connectivity index (χ0v) is 16.9. The van der Waals surface area contributed by atoms with Crippen LogP contribution in [-0.4, -0.2) is 17.0 Å². The van der Waals surface area contributed by atoms with Gasteiger partial charge in [-0.2, -0.15) is 0 Å². The number of hydrogen-bond acceptors (Lipinski definition) is 4. The summed E-state index contributed by atoms with van der Waals surface area (Å²) in [7, 11) is 0. The van der Waals surface area contributed by atoms with Gasteiger partial charge < -0.3 is 4.74 Å². The van der Waals surface area contributed by atoms with Gasteiger partial charge in [0.15, 0.2) is 5.13 Å². The quantitative estimate of drug-likeness (QED) is 0.514. The van der Waals surface area contributed by atoms with E-state index in [0.29, 0.717) is 16.4 Å². The van der Waals surface area contributed by atoms with Gasteiger partial charge in [0.1, 0.15) is 5.75 Å². The summed E-state index contributed by atoms with van der Waals surface area (Å²) in [6.45, 7) is 6.28. The number of ether oxygens (including phenoxy) is 1. The highest BCUT2D eigenvalue weighted by atomic mass is 32.1. The van der Waals surface area contributed by atoms with E-state index in [2.05, 4.69) is 36.3 Å². The first kappa shape index (κ1) is 19.4. The molecule has 3 aromatic rings. The summed E-state index contributed by atoms with van der Waals surface area (Å²) in [5.41, 5.74) is 2.81. The highest BCUT2D eigenvalue weighted by molar-refractivity contribution is 7.22. The van der Waals surface area contributed by atoms with Crippen LogP contribution in [0, 0.1) is 0 Å². The van der Waals surface area contributed by atoms with Gasteiger partial charge in [-0.25, -0.2) is 4.98 Å². The molecule has 142 valence electrons. The van der Waals surface area contributed by atoms with Gasteiger partial charge in [-0.15, -0.1) is 0 Å². The predicted octanol–water partition coefficient (Wildman–Crippen LogP) is 6.07. The number of nitrogens with zero attached hydrogens (tertiary/aromatic N) is 1. The number of fused-ring (bicyclic) bond motifs is 1. The number of thiazole rings is 1. The van der Waals surface area contributed by atoms with E-state index in [1.54, 1.807) is 12.1 Å². The molecule has 0 aliphatic rings. The van der Waals surface area contributed by atoms with Crippen LogP contribution in [0.2, 0.25) is 0 Å². The Balaban J connectivity index is 1.72. The van der Waals surface area contributed by atoms with E-state index in [9.17, 15) is 4.79 Å². The molecule has 1 atom stereocenters. The average molecular weight is 383 g/mol. The molecule has 0 spiro atoms. The lowest BCUT2D eigenvalue weighted by atomic mass is 10.1. The fraction of sp³-hybridized carbons (Fsp3) is 0.364. The molecule has 0 bridgehead atoms. The second-order valence-electron chi connectivity index (χ2n) is 6.74. The maximum Gasteiger partial charge on any atom is 0.257 e. The number of amides is 1. The number of nitrogens with one attached hydrogen (secondary N) is 1. The van der Waals surface area contributed by atoms with Gasteiger partial charge in [-0.1, -0.05) is 43.7 Å². The van der Waals surface area contributed by atoms with Crippen molar-refractivity contribution in [2.75, 3.05) is 5.32 Å². The Bertz CT molecular complexity index is 920. The first-order chi connectivity index (χ1) is 13.1. The molecule has 0 aliphatic carbocycles. The van der Waals surface area contributed by atoms with Gasteiger partial charge in [0.2, 0.25) is 0 Å². The van der Waals surface area contributed by atoms with E-state index in [1.165, 1.54) is 29.7 Å². The third-order valence-electron chi connectivity index (χ3n) is 4.50. The van der Waals surface area contributed by atoms with Crippen molar-refractivity contribution in [3.63, 3.8) is 0 Å². The maximum atomic E-state index is 12.6. The number of hydrogen-bond donors (Lipinski definition) is 1. The van der Waals surface area contributed by atoms with Crippen molar-refractivity contribution < 1.29 is 9.53 Å². The van der Waals surface area contributed by atoms with E-state index in [-0.39, 0.29) is 12.0 Å². The van der Waals surface area contributed by atoms with Gasteiger partial charge >= 0.3 is 0 Å². The van der Waals surface area contributed by atoms with Crippen molar-refractivity contribution in [2.45, 2.75) is 52.6 Å². The van der Waals surface area contributed by atoms with E-state index < -0.39 is 0 Å². The van der Waals surface area contributed by atoms with Crippen molar-refractivity contribution in [1.82, 2.24) is 4.98 Å². The molecule has 0 fully saturated rings. The minimum Gasteiger partial charge on any atom is -0.491 e. The van der Waals surface area contributed by atoms with Crippen LogP contribution < -0.4 is 10.1 Å². The standard InChI is InChI=1S/C22H26N2O2S/c1-4-6-8-16-11-12-19-20(13-16)27-22(23-19)24-21(25)17-9-7-10-18(14-17)26-15(3)5-2/h7,9-15H,4-6,8H2,1-3H3,(H,23,24,25). The lowest BCUT2D eigenvalue weighted by molar-refractivity contribution is 0.102. The van der Waals surface area contributed by atoms with Gasteiger partial charge in [0.25, 0.3) is 5.91 Å². The van der Waals surface area contributed by atoms with Crippen LogP contribution in [0.4, 0.5) is 5.13 Å². The smallest absolute Gasteiger partial charge is 0.257 e. The zero-order chi connectivity index (χ0) is 19.2. The molecule has 3 rings (SSSR count). The number of aryl methyl sites for hydroxylation is 1. The summed E-state index contributed by atoms with van der Waals surface area (Å²) in [6.07, 6.45) is 4.48. The monoisotopic (exact) mass is 382 g/mol. The minimum atomic E-state index is -0.171. The van der Waals surface area contributed by atoms with Crippen LogP contribution in [0.1, 0.15) is 56.0 Å². The van der Waals surface area contributed by atoms with E-state index in [0.717, 1.165) is 23.1 Å². The molecule has 5 heteroatoms. The Morgan fingerprint density at radius 1 is 1.22 bits per heavy atom. The summed E-state index contributed by atoms with van der Waals surface area (Å²) in [4.78, 5) is 17.1. The number of rotatable bonds is 8. The number of carbonyl (C=O) groups is 1.